The Morgan fingerprint density at radius 1 is 1.05 bits per heavy atom. The van der Waals surface area contributed by atoms with Crippen LogP contribution in [0.1, 0.15) is 58.7 Å². The number of hydrogen-bond donors (Lipinski definition) is 0. The minimum atomic E-state index is -0.805. The fourth-order valence-corrected chi connectivity index (χ4v) is 6.54. The average Bonchev–Trinajstić information content (AvgIpc) is 3.26. The molecule has 0 saturated carbocycles. The van der Waals surface area contributed by atoms with Crippen molar-refractivity contribution >= 4 is 51.9 Å². The SMILES string of the molecule is CCOC(=O)COc1c(I)cc(/C=c2/sc3n(c2=O)[C@@H](c2ccccc2OC(C)C)C(C(=O)OCC)=C(C)N=3)cc1OCC. The normalized spacial score (nSPS) is 14.6. The molecule has 0 unspecified atom stereocenters. The van der Waals surface area contributed by atoms with Crippen molar-refractivity contribution in [2.45, 2.75) is 53.7 Å². The molecule has 2 aromatic carbocycles. The van der Waals surface area contributed by atoms with Crippen LogP contribution in [0.5, 0.6) is 17.2 Å². The Morgan fingerprint density at radius 3 is 2.45 bits per heavy atom. The van der Waals surface area contributed by atoms with Crippen molar-refractivity contribution in [3.05, 3.63) is 82.1 Å². The molecule has 2 heterocycles. The first kappa shape index (κ1) is 33.2. The van der Waals surface area contributed by atoms with E-state index in [4.69, 9.17) is 23.7 Å². The van der Waals surface area contributed by atoms with Crippen LogP contribution in [-0.2, 0) is 19.1 Å². The number of esters is 2. The van der Waals surface area contributed by atoms with E-state index in [0.717, 1.165) is 0 Å². The summed E-state index contributed by atoms with van der Waals surface area (Å²) < 4.78 is 30.7. The van der Waals surface area contributed by atoms with Crippen LogP contribution in [0.3, 0.4) is 0 Å². The molecule has 12 heteroatoms. The van der Waals surface area contributed by atoms with E-state index in [9.17, 15) is 14.4 Å². The van der Waals surface area contributed by atoms with Crippen LogP contribution in [-0.4, -0.2) is 49.0 Å². The summed E-state index contributed by atoms with van der Waals surface area (Å²) >= 11 is 3.32. The van der Waals surface area contributed by atoms with E-state index in [1.807, 2.05) is 51.1 Å². The summed E-state index contributed by atoms with van der Waals surface area (Å²) in [5.41, 5.74) is 1.78. The quantitative estimate of drug-likeness (QED) is 0.197. The lowest BCUT2D eigenvalue weighted by Crippen LogP contribution is -2.40. The fourth-order valence-electron chi connectivity index (χ4n) is 4.71. The van der Waals surface area contributed by atoms with Gasteiger partial charge in [0.25, 0.3) is 5.56 Å². The van der Waals surface area contributed by atoms with Crippen LogP contribution < -0.4 is 29.1 Å². The maximum Gasteiger partial charge on any atom is 0.344 e. The van der Waals surface area contributed by atoms with Crippen molar-refractivity contribution in [3.63, 3.8) is 0 Å². The molecular weight excluding hydrogens is 699 g/mol. The van der Waals surface area contributed by atoms with E-state index in [-0.39, 0.29) is 37.1 Å². The predicted molar refractivity (Wildman–Crippen MR) is 175 cm³/mol. The molecule has 10 nitrogen and oxygen atoms in total. The summed E-state index contributed by atoms with van der Waals surface area (Å²) in [6, 6.07) is 10.2. The Kier molecular flexibility index (Phi) is 11.2. The maximum absolute atomic E-state index is 14.1. The second-order valence-corrected chi connectivity index (χ2v) is 12.0. The Morgan fingerprint density at radius 2 is 1.77 bits per heavy atom. The van der Waals surface area contributed by atoms with E-state index in [1.54, 1.807) is 32.9 Å². The summed E-state index contributed by atoms with van der Waals surface area (Å²) in [4.78, 5) is 44.4. The van der Waals surface area contributed by atoms with Crippen LogP contribution >= 0.6 is 33.9 Å². The van der Waals surface area contributed by atoms with E-state index in [0.29, 0.717) is 53.6 Å². The van der Waals surface area contributed by atoms with Crippen LogP contribution in [0.4, 0.5) is 0 Å². The van der Waals surface area contributed by atoms with Crippen molar-refractivity contribution < 1.29 is 33.3 Å². The second kappa shape index (κ2) is 14.9. The number of carbonyl (C=O) groups is 2. The van der Waals surface area contributed by atoms with Gasteiger partial charge >= 0.3 is 11.9 Å². The standard InChI is InChI=1S/C32H35IN2O8S/c1-7-39-24-15-20(14-22(33)29(24)42-17-26(36)40-8-2)16-25-30(37)35-28(21-12-10-11-13-23(21)43-18(4)5)27(31(38)41-9-3)19(6)34-32(35)44-25/h10-16,18,28H,7-9,17H2,1-6H3/b25-16+/t28-/m0/s1. The first-order valence-corrected chi connectivity index (χ1v) is 16.2. The van der Waals surface area contributed by atoms with Crippen LogP contribution in [0.2, 0.25) is 0 Å². The highest BCUT2D eigenvalue weighted by atomic mass is 127. The zero-order valence-corrected chi connectivity index (χ0v) is 28.4. The lowest BCUT2D eigenvalue weighted by atomic mass is 9.95. The van der Waals surface area contributed by atoms with Gasteiger partial charge in [0.05, 0.1) is 45.3 Å². The molecule has 1 aliphatic rings. The molecule has 0 amide bonds. The Balaban J connectivity index is 1.87. The summed E-state index contributed by atoms with van der Waals surface area (Å²) in [6.07, 6.45) is 1.62. The van der Waals surface area contributed by atoms with Gasteiger partial charge in [-0.25, -0.2) is 14.6 Å². The number of allylic oxidation sites excluding steroid dienone is 1. The molecule has 0 spiro atoms. The molecule has 1 aliphatic heterocycles. The zero-order chi connectivity index (χ0) is 32.0. The number of nitrogens with zero attached hydrogens (tertiary/aromatic N) is 2. The number of benzene rings is 2. The third-order valence-electron chi connectivity index (χ3n) is 6.36. The second-order valence-electron chi connectivity index (χ2n) is 9.86. The van der Waals surface area contributed by atoms with Gasteiger partial charge in [0.1, 0.15) is 11.8 Å². The Hall–Kier alpha value is -3.65. The Labute approximate surface area is 273 Å². The third-order valence-corrected chi connectivity index (χ3v) is 8.15. The molecule has 0 saturated heterocycles. The van der Waals surface area contributed by atoms with Gasteiger partial charge in [-0.05, 0) is 94.0 Å². The number of thiazole rings is 1. The summed E-state index contributed by atoms with van der Waals surface area (Å²) in [5, 5.41) is 0. The minimum Gasteiger partial charge on any atom is -0.491 e. The molecule has 0 fully saturated rings. The van der Waals surface area contributed by atoms with Crippen molar-refractivity contribution in [1.29, 1.82) is 0 Å². The topological polar surface area (TPSA) is 115 Å². The first-order valence-electron chi connectivity index (χ1n) is 14.3. The van der Waals surface area contributed by atoms with Crippen molar-refractivity contribution in [3.8, 4) is 17.2 Å². The van der Waals surface area contributed by atoms with Gasteiger partial charge in [0, 0.05) is 5.56 Å². The monoisotopic (exact) mass is 734 g/mol. The lowest BCUT2D eigenvalue weighted by Gasteiger charge is -2.26. The maximum atomic E-state index is 14.1. The van der Waals surface area contributed by atoms with Crippen molar-refractivity contribution in [2.24, 2.45) is 4.99 Å². The molecule has 1 aromatic heterocycles. The minimum absolute atomic E-state index is 0.130. The van der Waals surface area contributed by atoms with Gasteiger partial charge in [-0.1, -0.05) is 29.5 Å². The molecule has 0 N–H and O–H groups in total. The highest BCUT2D eigenvalue weighted by Gasteiger charge is 2.35. The molecule has 0 aliphatic carbocycles. The number of hydrogen-bond acceptors (Lipinski definition) is 10. The first-order chi connectivity index (χ1) is 21.1. The summed E-state index contributed by atoms with van der Waals surface area (Å²) in [7, 11) is 0. The number of halogens is 1. The van der Waals surface area contributed by atoms with Crippen LogP contribution in [0.25, 0.3) is 6.08 Å². The number of fused-ring (bicyclic) bond motifs is 1. The zero-order valence-electron chi connectivity index (χ0n) is 25.5. The van der Waals surface area contributed by atoms with E-state index < -0.39 is 18.0 Å². The molecular formula is C32H35IN2O8S. The van der Waals surface area contributed by atoms with Gasteiger partial charge in [-0.3, -0.25) is 9.36 Å². The number of para-hydroxylation sites is 1. The van der Waals surface area contributed by atoms with Crippen molar-refractivity contribution in [1.82, 2.24) is 4.57 Å². The number of ether oxygens (including phenoxy) is 5. The molecule has 44 heavy (non-hydrogen) atoms. The van der Waals surface area contributed by atoms with Gasteiger partial charge in [0.15, 0.2) is 22.9 Å². The highest BCUT2D eigenvalue weighted by Crippen LogP contribution is 2.37. The van der Waals surface area contributed by atoms with E-state index >= 15 is 0 Å². The summed E-state index contributed by atoms with van der Waals surface area (Å²) in [6.45, 7) is 11.4. The van der Waals surface area contributed by atoms with Crippen molar-refractivity contribution in [2.75, 3.05) is 26.4 Å². The molecule has 1 atom stereocenters. The predicted octanol–water partition coefficient (Wildman–Crippen LogP) is 4.53. The molecule has 0 bridgehead atoms. The number of aromatic nitrogens is 1. The van der Waals surface area contributed by atoms with E-state index in [1.165, 1.54) is 15.9 Å². The number of carbonyl (C=O) groups excluding carboxylic acids is 2. The largest absolute Gasteiger partial charge is 0.491 e. The van der Waals surface area contributed by atoms with Crippen LogP contribution in [0.15, 0.2) is 57.5 Å². The third kappa shape index (κ3) is 7.34. The summed E-state index contributed by atoms with van der Waals surface area (Å²) in [5.74, 6) is 0.384. The average molecular weight is 735 g/mol. The molecule has 3 aromatic rings. The highest BCUT2D eigenvalue weighted by molar-refractivity contribution is 14.1. The van der Waals surface area contributed by atoms with Gasteiger partial charge in [-0.2, -0.15) is 0 Å². The lowest BCUT2D eigenvalue weighted by molar-refractivity contribution is -0.145. The molecule has 234 valence electrons. The smallest absolute Gasteiger partial charge is 0.344 e. The molecule has 0 radical (unpaired) electrons. The van der Waals surface area contributed by atoms with E-state index in [2.05, 4.69) is 27.6 Å². The molecule has 4 rings (SSSR count). The number of rotatable bonds is 12. The Bertz CT molecular complexity index is 1760. The van der Waals surface area contributed by atoms with Crippen LogP contribution in [0, 0.1) is 3.57 Å². The fraction of sp³-hybridized carbons (Fsp3) is 0.375. The van der Waals surface area contributed by atoms with Gasteiger partial charge in [0.2, 0.25) is 0 Å². The van der Waals surface area contributed by atoms with Gasteiger partial charge in [-0.15, -0.1) is 0 Å². The van der Waals surface area contributed by atoms with Gasteiger partial charge < -0.3 is 23.7 Å².